The van der Waals surface area contributed by atoms with E-state index >= 15 is 0 Å². The summed E-state index contributed by atoms with van der Waals surface area (Å²) < 4.78 is 40.5. The van der Waals surface area contributed by atoms with E-state index in [9.17, 15) is 22.8 Å². The first-order valence-electron chi connectivity index (χ1n) is 8.84. The van der Waals surface area contributed by atoms with Gasteiger partial charge in [-0.3, -0.25) is 14.6 Å². The Morgan fingerprint density at radius 1 is 1.22 bits per heavy atom. The van der Waals surface area contributed by atoms with Crippen molar-refractivity contribution < 1.29 is 27.9 Å². The standard InChI is InChI=1S/C19H21F3N2O3/c1-17-8-4-5-9-18(17,11-19(20,21)22)24-15(16(27)23-10-14(25)26)12-6-2-3-7-13(12)17/h2-3,6-7H,4-5,8-11H2,1H3,(H,23,27)(H,25,26). The second-order valence-electron chi connectivity index (χ2n) is 7.45. The summed E-state index contributed by atoms with van der Waals surface area (Å²) in [6, 6.07) is 6.85. The third-order valence-corrected chi connectivity index (χ3v) is 5.75. The van der Waals surface area contributed by atoms with Gasteiger partial charge in [0.25, 0.3) is 5.91 Å². The summed E-state index contributed by atoms with van der Waals surface area (Å²) in [5.74, 6) is -2.00. The highest BCUT2D eigenvalue weighted by Crippen LogP contribution is 2.55. The summed E-state index contributed by atoms with van der Waals surface area (Å²) in [5.41, 5.74) is -1.27. The number of hydrogen-bond donors (Lipinski definition) is 2. The van der Waals surface area contributed by atoms with E-state index in [1.165, 1.54) is 0 Å². The SMILES string of the molecule is CC12CCCCC1(CC(F)(F)F)N=C(C(=O)NCC(=O)O)c1ccccc12. The summed E-state index contributed by atoms with van der Waals surface area (Å²) in [4.78, 5) is 27.7. The van der Waals surface area contributed by atoms with Crippen LogP contribution in [0.4, 0.5) is 13.2 Å². The maximum Gasteiger partial charge on any atom is 0.391 e. The van der Waals surface area contributed by atoms with Gasteiger partial charge in [0, 0.05) is 11.0 Å². The lowest BCUT2D eigenvalue weighted by atomic mass is 9.55. The summed E-state index contributed by atoms with van der Waals surface area (Å²) in [6.45, 7) is 1.18. The van der Waals surface area contributed by atoms with Crippen molar-refractivity contribution in [2.75, 3.05) is 6.54 Å². The normalized spacial score (nSPS) is 27.2. The van der Waals surface area contributed by atoms with E-state index < -0.39 is 42.0 Å². The van der Waals surface area contributed by atoms with Gasteiger partial charge in [0.2, 0.25) is 0 Å². The number of nitrogens with one attached hydrogen (secondary N) is 1. The van der Waals surface area contributed by atoms with Crippen molar-refractivity contribution >= 4 is 17.6 Å². The lowest BCUT2D eigenvalue weighted by Crippen LogP contribution is -2.57. The molecule has 0 saturated heterocycles. The Bertz CT molecular complexity index is 806. The Morgan fingerprint density at radius 2 is 1.89 bits per heavy atom. The minimum absolute atomic E-state index is 0.115. The molecule has 0 aromatic heterocycles. The first kappa shape index (κ1) is 19.4. The smallest absolute Gasteiger partial charge is 0.391 e. The lowest BCUT2D eigenvalue weighted by molar-refractivity contribution is -0.156. The highest BCUT2D eigenvalue weighted by molar-refractivity contribution is 6.46. The first-order chi connectivity index (χ1) is 12.6. The van der Waals surface area contributed by atoms with Gasteiger partial charge in [0.1, 0.15) is 12.3 Å². The van der Waals surface area contributed by atoms with Crippen LogP contribution in [0.2, 0.25) is 0 Å². The number of amides is 1. The number of halogens is 3. The Morgan fingerprint density at radius 3 is 2.56 bits per heavy atom. The third-order valence-electron chi connectivity index (χ3n) is 5.75. The van der Waals surface area contributed by atoms with Crippen LogP contribution in [0.15, 0.2) is 29.3 Å². The quantitative estimate of drug-likeness (QED) is 0.839. The zero-order valence-electron chi connectivity index (χ0n) is 14.9. The maximum absolute atomic E-state index is 13.5. The number of carbonyl (C=O) groups excluding carboxylic acids is 1. The van der Waals surface area contributed by atoms with Gasteiger partial charge in [0.05, 0.1) is 12.0 Å². The number of carbonyl (C=O) groups is 2. The molecule has 1 amide bonds. The Labute approximate surface area is 154 Å². The van der Waals surface area contributed by atoms with Crippen LogP contribution in [0.5, 0.6) is 0 Å². The number of rotatable bonds is 4. The van der Waals surface area contributed by atoms with E-state index in [2.05, 4.69) is 10.3 Å². The zero-order chi connectivity index (χ0) is 19.9. The highest BCUT2D eigenvalue weighted by atomic mass is 19.4. The van der Waals surface area contributed by atoms with Crippen molar-refractivity contribution in [2.24, 2.45) is 4.99 Å². The number of fused-ring (bicyclic) bond motifs is 3. The third kappa shape index (κ3) is 3.44. The average Bonchev–Trinajstić information content (AvgIpc) is 2.58. The van der Waals surface area contributed by atoms with Crippen molar-refractivity contribution in [2.45, 2.75) is 56.2 Å². The predicted octanol–water partition coefficient (Wildman–Crippen LogP) is 3.21. The predicted molar refractivity (Wildman–Crippen MR) is 92.8 cm³/mol. The van der Waals surface area contributed by atoms with Gasteiger partial charge in [0.15, 0.2) is 0 Å². The van der Waals surface area contributed by atoms with Crippen molar-refractivity contribution in [3.05, 3.63) is 35.4 Å². The van der Waals surface area contributed by atoms with Crippen molar-refractivity contribution in [1.82, 2.24) is 5.32 Å². The Kier molecular flexibility index (Phi) is 4.78. The number of alkyl halides is 3. The van der Waals surface area contributed by atoms with Crippen LogP contribution in [0.25, 0.3) is 0 Å². The second-order valence-corrected chi connectivity index (χ2v) is 7.45. The van der Waals surface area contributed by atoms with Crippen LogP contribution >= 0.6 is 0 Å². The molecule has 1 saturated carbocycles. The molecule has 2 N–H and O–H groups in total. The monoisotopic (exact) mass is 382 g/mol. The molecular formula is C19H21F3N2O3. The summed E-state index contributed by atoms with van der Waals surface area (Å²) in [6.07, 6.45) is -3.37. The van der Waals surface area contributed by atoms with Gasteiger partial charge in [-0.15, -0.1) is 0 Å². The topological polar surface area (TPSA) is 78.8 Å². The summed E-state index contributed by atoms with van der Waals surface area (Å²) >= 11 is 0. The molecule has 1 aliphatic carbocycles. The van der Waals surface area contributed by atoms with Gasteiger partial charge in [-0.1, -0.05) is 44.0 Å². The number of benzene rings is 1. The van der Waals surface area contributed by atoms with E-state index in [1.807, 2.05) is 0 Å². The van der Waals surface area contributed by atoms with Crippen LogP contribution in [-0.4, -0.2) is 41.0 Å². The molecule has 0 spiro atoms. The van der Waals surface area contributed by atoms with E-state index in [1.54, 1.807) is 31.2 Å². The zero-order valence-corrected chi connectivity index (χ0v) is 14.9. The van der Waals surface area contributed by atoms with Crippen molar-refractivity contribution in [3.63, 3.8) is 0 Å². The molecule has 1 heterocycles. The summed E-state index contributed by atoms with van der Waals surface area (Å²) in [7, 11) is 0. The minimum Gasteiger partial charge on any atom is -0.480 e. The number of nitrogens with zero attached hydrogens (tertiary/aromatic N) is 1. The van der Waals surface area contributed by atoms with Crippen LogP contribution in [0, 0.1) is 0 Å². The van der Waals surface area contributed by atoms with E-state index in [0.29, 0.717) is 24.0 Å². The van der Waals surface area contributed by atoms with Crippen LogP contribution in [-0.2, 0) is 15.0 Å². The van der Waals surface area contributed by atoms with Crippen LogP contribution in [0.1, 0.15) is 50.2 Å². The van der Waals surface area contributed by atoms with E-state index in [4.69, 9.17) is 5.11 Å². The molecule has 0 bridgehead atoms. The Balaban J connectivity index is 2.16. The van der Waals surface area contributed by atoms with E-state index in [-0.39, 0.29) is 12.1 Å². The van der Waals surface area contributed by atoms with Gasteiger partial charge in [-0.05, 0) is 18.4 Å². The van der Waals surface area contributed by atoms with Crippen LogP contribution in [0.3, 0.4) is 0 Å². The molecule has 2 aliphatic rings. The molecular weight excluding hydrogens is 361 g/mol. The molecule has 1 aliphatic heterocycles. The molecule has 0 radical (unpaired) electrons. The number of carboxylic acid groups (broad SMARTS) is 1. The van der Waals surface area contributed by atoms with Gasteiger partial charge < -0.3 is 10.4 Å². The number of hydrogen-bond acceptors (Lipinski definition) is 3. The molecule has 1 aromatic rings. The van der Waals surface area contributed by atoms with Crippen LogP contribution < -0.4 is 5.32 Å². The molecule has 1 aromatic carbocycles. The largest absolute Gasteiger partial charge is 0.480 e. The molecule has 5 nitrogen and oxygen atoms in total. The maximum atomic E-state index is 13.5. The van der Waals surface area contributed by atoms with Gasteiger partial charge in [-0.25, -0.2) is 0 Å². The summed E-state index contributed by atoms with van der Waals surface area (Å²) in [5, 5.41) is 11.0. The highest BCUT2D eigenvalue weighted by Gasteiger charge is 2.58. The molecule has 3 rings (SSSR count). The molecule has 1 fully saturated rings. The fourth-order valence-corrected chi connectivity index (χ4v) is 4.48. The number of aliphatic imine (C=N–C) groups is 1. The average molecular weight is 382 g/mol. The van der Waals surface area contributed by atoms with Gasteiger partial charge >= 0.3 is 12.1 Å². The first-order valence-corrected chi connectivity index (χ1v) is 8.84. The fourth-order valence-electron chi connectivity index (χ4n) is 4.48. The minimum atomic E-state index is -4.43. The van der Waals surface area contributed by atoms with E-state index in [0.717, 1.165) is 6.42 Å². The molecule has 2 atom stereocenters. The number of carboxylic acids is 1. The number of aliphatic carboxylic acids is 1. The fraction of sp³-hybridized carbons (Fsp3) is 0.526. The molecule has 27 heavy (non-hydrogen) atoms. The van der Waals surface area contributed by atoms with Gasteiger partial charge in [-0.2, -0.15) is 13.2 Å². The van der Waals surface area contributed by atoms with Crippen molar-refractivity contribution in [1.29, 1.82) is 0 Å². The molecule has 8 heteroatoms. The van der Waals surface area contributed by atoms with Crippen molar-refractivity contribution in [3.8, 4) is 0 Å². The lowest BCUT2D eigenvalue weighted by Gasteiger charge is -2.53. The second kappa shape index (κ2) is 6.65. The Hall–Kier alpha value is -2.38. The molecule has 2 unspecified atom stereocenters. The molecule has 146 valence electrons.